The second-order valence-electron chi connectivity index (χ2n) is 14.3. The molecule has 0 saturated heterocycles. The first-order valence-corrected chi connectivity index (χ1v) is 19.4. The molecule has 0 saturated carbocycles. The lowest BCUT2D eigenvalue weighted by atomic mass is 9.92. The van der Waals surface area contributed by atoms with Crippen LogP contribution in [0.15, 0.2) is 219 Å². The summed E-state index contributed by atoms with van der Waals surface area (Å²) in [5.41, 5.74) is 17.1. The van der Waals surface area contributed by atoms with Crippen LogP contribution in [0.1, 0.15) is 0 Å². The first-order valence-electron chi connectivity index (χ1n) is 19.4. The number of pyridine rings is 2. The molecular weight excluding hydrogens is 705 g/mol. The van der Waals surface area contributed by atoms with E-state index in [-0.39, 0.29) is 0 Å². The van der Waals surface area contributed by atoms with Crippen molar-refractivity contribution in [1.29, 1.82) is 0 Å². The average molecular weight is 741 g/mol. The van der Waals surface area contributed by atoms with E-state index in [0.717, 1.165) is 72.2 Å². The van der Waals surface area contributed by atoms with E-state index in [2.05, 4.69) is 192 Å². The van der Waals surface area contributed by atoms with E-state index in [0.29, 0.717) is 5.82 Å². The first-order chi connectivity index (χ1) is 28.7. The first kappa shape index (κ1) is 34.7. The fraction of sp³-hybridized carbons (Fsp3) is 0. The van der Waals surface area contributed by atoms with Gasteiger partial charge in [-0.15, -0.1) is 0 Å². The van der Waals surface area contributed by atoms with E-state index < -0.39 is 0 Å². The molecule has 3 aromatic heterocycles. The molecule has 0 amide bonds. The Morgan fingerprint density at radius 2 is 0.672 bits per heavy atom. The molecule has 10 rings (SSSR count). The number of benzene rings is 7. The largest absolute Gasteiger partial charge is 0.264 e. The molecule has 3 heterocycles. The Kier molecular flexibility index (Phi) is 9.18. The van der Waals surface area contributed by atoms with Crippen molar-refractivity contribution in [2.45, 2.75) is 0 Å². The molecule has 272 valence electrons. The van der Waals surface area contributed by atoms with E-state index in [1.54, 1.807) is 12.4 Å². The summed E-state index contributed by atoms with van der Waals surface area (Å²) in [6.07, 6.45) is 7.38. The number of hydrogen-bond acceptors (Lipinski definition) is 4. The van der Waals surface area contributed by atoms with Gasteiger partial charge in [-0.2, -0.15) is 0 Å². The van der Waals surface area contributed by atoms with Gasteiger partial charge in [0.1, 0.15) is 0 Å². The Bertz CT molecular complexity index is 2760. The van der Waals surface area contributed by atoms with Crippen molar-refractivity contribution in [1.82, 2.24) is 19.9 Å². The predicted molar refractivity (Wildman–Crippen MR) is 239 cm³/mol. The molecule has 10 aromatic rings. The fourth-order valence-electron chi connectivity index (χ4n) is 7.63. The summed E-state index contributed by atoms with van der Waals surface area (Å²) in [4.78, 5) is 19.5. The van der Waals surface area contributed by atoms with Gasteiger partial charge in [-0.25, -0.2) is 9.97 Å². The van der Waals surface area contributed by atoms with E-state index in [9.17, 15) is 0 Å². The van der Waals surface area contributed by atoms with Gasteiger partial charge in [-0.1, -0.05) is 170 Å². The molecule has 0 fully saturated rings. The van der Waals surface area contributed by atoms with Crippen molar-refractivity contribution in [2.75, 3.05) is 0 Å². The minimum Gasteiger partial charge on any atom is -0.264 e. The molecule has 0 aliphatic rings. The quantitative estimate of drug-likeness (QED) is 0.156. The smallest absolute Gasteiger partial charge is 0.160 e. The van der Waals surface area contributed by atoms with Crippen molar-refractivity contribution in [2.24, 2.45) is 0 Å². The van der Waals surface area contributed by atoms with Gasteiger partial charge in [0.2, 0.25) is 0 Å². The number of hydrogen-bond donors (Lipinski definition) is 0. The summed E-state index contributed by atoms with van der Waals surface area (Å²) in [5, 5.41) is 0.983. The molecule has 0 spiro atoms. The van der Waals surface area contributed by atoms with Gasteiger partial charge in [0.05, 0.1) is 11.2 Å². The molecule has 0 aliphatic heterocycles. The molecule has 4 heteroatoms. The van der Waals surface area contributed by atoms with E-state index in [1.807, 2.05) is 24.5 Å². The van der Waals surface area contributed by atoms with Gasteiger partial charge in [0, 0.05) is 46.9 Å². The highest BCUT2D eigenvalue weighted by Gasteiger charge is 2.18. The zero-order valence-corrected chi connectivity index (χ0v) is 31.6. The lowest BCUT2D eigenvalue weighted by molar-refractivity contribution is 1.23. The van der Waals surface area contributed by atoms with Crippen molar-refractivity contribution >= 4 is 10.9 Å². The second kappa shape index (κ2) is 15.4. The van der Waals surface area contributed by atoms with Crippen LogP contribution in [0.25, 0.3) is 100 Å². The molecule has 0 N–H and O–H groups in total. The van der Waals surface area contributed by atoms with Crippen LogP contribution in [0.4, 0.5) is 0 Å². The maximum Gasteiger partial charge on any atom is 0.160 e. The van der Waals surface area contributed by atoms with Crippen LogP contribution in [0.3, 0.4) is 0 Å². The van der Waals surface area contributed by atoms with Crippen LogP contribution in [-0.4, -0.2) is 19.9 Å². The van der Waals surface area contributed by atoms with E-state index in [4.69, 9.17) is 9.97 Å². The zero-order chi connectivity index (χ0) is 38.7. The Hall–Kier alpha value is -7.82. The minimum absolute atomic E-state index is 0.665. The van der Waals surface area contributed by atoms with Gasteiger partial charge < -0.3 is 0 Å². The van der Waals surface area contributed by atoms with Crippen LogP contribution >= 0.6 is 0 Å². The lowest BCUT2D eigenvalue weighted by Gasteiger charge is -2.16. The lowest BCUT2D eigenvalue weighted by Crippen LogP contribution is -1.98. The molecule has 58 heavy (non-hydrogen) atoms. The highest BCUT2D eigenvalue weighted by molar-refractivity contribution is 6.04. The topological polar surface area (TPSA) is 51.6 Å². The third-order valence-corrected chi connectivity index (χ3v) is 10.7. The predicted octanol–water partition coefficient (Wildman–Crippen LogP) is 13.8. The number of rotatable bonds is 8. The molecule has 7 aromatic carbocycles. The van der Waals surface area contributed by atoms with Crippen LogP contribution in [0.5, 0.6) is 0 Å². The van der Waals surface area contributed by atoms with Gasteiger partial charge in [0.25, 0.3) is 0 Å². The number of fused-ring (bicyclic) bond motifs is 1. The van der Waals surface area contributed by atoms with Crippen molar-refractivity contribution < 1.29 is 0 Å². The summed E-state index contributed by atoms with van der Waals surface area (Å²) >= 11 is 0. The zero-order valence-electron chi connectivity index (χ0n) is 31.6. The van der Waals surface area contributed by atoms with E-state index in [1.165, 1.54) is 22.3 Å². The Morgan fingerprint density at radius 3 is 1.16 bits per heavy atom. The maximum absolute atomic E-state index is 5.41. The standard InChI is InChI=1S/C54H36N4/c1-3-9-37(10-4-1)39-15-17-43(18-16-39)49-33-50(44-25-19-40(20-26-44)38-11-5-2-6-12-38)53-51(34-49)52(45-27-21-41(22-28-45)47-13-7-31-55-35-47)57-54(58-53)46-29-23-42(24-30-46)48-14-8-32-56-36-48/h1-36H. The second-order valence-corrected chi connectivity index (χ2v) is 14.3. The third-order valence-electron chi connectivity index (χ3n) is 10.7. The summed E-state index contributed by atoms with van der Waals surface area (Å²) in [6, 6.07) is 68.4. The fourth-order valence-corrected chi connectivity index (χ4v) is 7.63. The molecule has 0 unspecified atom stereocenters. The Morgan fingerprint density at radius 1 is 0.276 bits per heavy atom. The molecule has 0 radical (unpaired) electrons. The Balaban J connectivity index is 1.18. The highest BCUT2D eigenvalue weighted by Crippen LogP contribution is 2.40. The van der Waals surface area contributed by atoms with Crippen molar-refractivity contribution in [3.63, 3.8) is 0 Å². The number of aromatic nitrogens is 4. The molecule has 0 atom stereocenters. The van der Waals surface area contributed by atoms with Crippen molar-refractivity contribution in [3.8, 4) is 89.4 Å². The third kappa shape index (κ3) is 6.95. The SMILES string of the molecule is c1ccc(-c2ccc(-c3cc(-c4ccc(-c5ccccc5)cc4)c4nc(-c5ccc(-c6cccnc6)cc5)nc(-c5ccc(-c6cccnc6)cc5)c4c3)cc2)cc1. The minimum atomic E-state index is 0.665. The van der Waals surface area contributed by atoms with Gasteiger partial charge >= 0.3 is 0 Å². The highest BCUT2D eigenvalue weighted by atomic mass is 14.9. The summed E-state index contributed by atoms with van der Waals surface area (Å²) < 4.78 is 0. The molecule has 0 bridgehead atoms. The maximum atomic E-state index is 5.41. The van der Waals surface area contributed by atoms with Crippen LogP contribution in [0.2, 0.25) is 0 Å². The normalized spacial score (nSPS) is 11.1. The average Bonchev–Trinajstić information content (AvgIpc) is 3.32. The van der Waals surface area contributed by atoms with Gasteiger partial charge in [-0.3, -0.25) is 9.97 Å². The molecule has 0 aliphatic carbocycles. The van der Waals surface area contributed by atoms with Crippen LogP contribution in [-0.2, 0) is 0 Å². The molecular formula is C54H36N4. The molecule has 4 nitrogen and oxygen atoms in total. The summed E-state index contributed by atoms with van der Waals surface area (Å²) in [7, 11) is 0. The number of nitrogens with zero attached hydrogens (tertiary/aromatic N) is 4. The monoisotopic (exact) mass is 740 g/mol. The summed E-state index contributed by atoms with van der Waals surface area (Å²) in [6.45, 7) is 0. The van der Waals surface area contributed by atoms with Gasteiger partial charge in [0.15, 0.2) is 5.82 Å². The Labute approximate surface area is 337 Å². The van der Waals surface area contributed by atoms with Crippen molar-refractivity contribution in [3.05, 3.63) is 219 Å². The summed E-state index contributed by atoms with van der Waals surface area (Å²) in [5.74, 6) is 0.665. The van der Waals surface area contributed by atoms with E-state index >= 15 is 0 Å². The van der Waals surface area contributed by atoms with Crippen LogP contribution < -0.4 is 0 Å². The van der Waals surface area contributed by atoms with Gasteiger partial charge in [-0.05, 0) is 85.5 Å². The van der Waals surface area contributed by atoms with Crippen LogP contribution in [0, 0.1) is 0 Å².